The van der Waals surface area contributed by atoms with Gasteiger partial charge in [-0.1, -0.05) is 18.0 Å². The molecule has 4 heteroatoms. The van der Waals surface area contributed by atoms with Crippen LogP contribution in [0.2, 0.25) is 5.02 Å². The SMILES string of the molecule is O=C(O)[C@@H]1CCC[C@H]1C(=O)c1ccc(Cl)cc1. The molecule has 1 saturated carbocycles. The Morgan fingerprint density at radius 1 is 1.12 bits per heavy atom. The molecule has 0 saturated heterocycles. The van der Waals surface area contributed by atoms with E-state index in [-0.39, 0.29) is 11.7 Å². The lowest BCUT2D eigenvalue weighted by molar-refractivity contribution is -0.142. The van der Waals surface area contributed by atoms with E-state index in [0.29, 0.717) is 23.4 Å². The Balaban J connectivity index is 2.19. The lowest BCUT2D eigenvalue weighted by atomic mass is 9.88. The van der Waals surface area contributed by atoms with Gasteiger partial charge in [0.25, 0.3) is 0 Å². The van der Waals surface area contributed by atoms with Crippen molar-refractivity contribution in [3.8, 4) is 0 Å². The third-order valence-electron chi connectivity index (χ3n) is 3.30. The highest BCUT2D eigenvalue weighted by molar-refractivity contribution is 6.30. The minimum absolute atomic E-state index is 0.0773. The zero-order chi connectivity index (χ0) is 12.4. The van der Waals surface area contributed by atoms with Gasteiger partial charge in [-0.15, -0.1) is 0 Å². The fourth-order valence-corrected chi connectivity index (χ4v) is 2.52. The van der Waals surface area contributed by atoms with E-state index < -0.39 is 11.9 Å². The third-order valence-corrected chi connectivity index (χ3v) is 3.55. The Hall–Kier alpha value is -1.35. The molecule has 0 aliphatic heterocycles. The van der Waals surface area contributed by atoms with Crippen molar-refractivity contribution in [2.45, 2.75) is 19.3 Å². The van der Waals surface area contributed by atoms with Crippen LogP contribution in [0.15, 0.2) is 24.3 Å². The topological polar surface area (TPSA) is 54.4 Å². The average molecular weight is 253 g/mol. The van der Waals surface area contributed by atoms with Crippen LogP contribution in [0.3, 0.4) is 0 Å². The molecule has 1 N–H and O–H groups in total. The number of carboxylic acid groups (broad SMARTS) is 1. The molecule has 1 aliphatic rings. The predicted octanol–water partition coefficient (Wildman–Crippen LogP) is 3.02. The first-order valence-corrected chi connectivity index (χ1v) is 6.00. The zero-order valence-corrected chi connectivity index (χ0v) is 9.98. The van der Waals surface area contributed by atoms with Gasteiger partial charge in [0.2, 0.25) is 0 Å². The van der Waals surface area contributed by atoms with Crippen molar-refractivity contribution < 1.29 is 14.7 Å². The van der Waals surface area contributed by atoms with E-state index >= 15 is 0 Å². The molecule has 0 radical (unpaired) electrons. The molecule has 0 bridgehead atoms. The van der Waals surface area contributed by atoms with E-state index in [1.807, 2.05) is 0 Å². The van der Waals surface area contributed by atoms with Gasteiger partial charge < -0.3 is 5.11 Å². The lowest BCUT2D eigenvalue weighted by Gasteiger charge is -2.14. The van der Waals surface area contributed by atoms with Crippen LogP contribution in [-0.2, 0) is 4.79 Å². The standard InChI is InChI=1S/C13H13ClO3/c14-9-6-4-8(5-7-9)12(15)10-2-1-3-11(10)13(16)17/h4-7,10-11H,1-3H2,(H,16,17)/t10-,11-/m1/s1. The van der Waals surface area contributed by atoms with Gasteiger partial charge in [0, 0.05) is 16.5 Å². The van der Waals surface area contributed by atoms with Crippen molar-refractivity contribution in [2.24, 2.45) is 11.8 Å². The second-order valence-electron chi connectivity index (χ2n) is 4.35. The molecule has 2 rings (SSSR count). The molecule has 17 heavy (non-hydrogen) atoms. The average Bonchev–Trinajstić information content (AvgIpc) is 2.78. The smallest absolute Gasteiger partial charge is 0.307 e. The van der Waals surface area contributed by atoms with Gasteiger partial charge in [-0.2, -0.15) is 0 Å². The molecule has 0 aromatic heterocycles. The van der Waals surface area contributed by atoms with Crippen LogP contribution in [-0.4, -0.2) is 16.9 Å². The Labute approximate surface area is 104 Å². The van der Waals surface area contributed by atoms with Crippen molar-refractivity contribution in [3.05, 3.63) is 34.9 Å². The molecule has 90 valence electrons. The highest BCUT2D eigenvalue weighted by atomic mass is 35.5. The molecular formula is C13H13ClO3. The van der Waals surface area contributed by atoms with Gasteiger partial charge in [-0.3, -0.25) is 9.59 Å². The summed E-state index contributed by atoms with van der Waals surface area (Å²) in [6.07, 6.45) is 2.07. The van der Waals surface area contributed by atoms with Gasteiger partial charge in [-0.25, -0.2) is 0 Å². The molecule has 0 spiro atoms. The summed E-state index contributed by atoms with van der Waals surface area (Å²) >= 11 is 5.75. The minimum Gasteiger partial charge on any atom is -0.481 e. The number of rotatable bonds is 3. The Bertz CT molecular complexity index is 438. The van der Waals surface area contributed by atoms with Gasteiger partial charge in [0.15, 0.2) is 5.78 Å². The fourth-order valence-electron chi connectivity index (χ4n) is 2.40. The summed E-state index contributed by atoms with van der Waals surface area (Å²) in [5, 5.41) is 9.62. The number of ketones is 1. The highest BCUT2D eigenvalue weighted by Crippen LogP contribution is 2.34. The van der Waals surface area contributed by atoms with Gasteiger partial charge in [0.1, 0.15) is 0 Å². The lowest BCUT2D eigenvalue weighted by Crippen LogP contribution is -2.25. The van der Waals surface area contributed by atoms with E-state index in [4.69, 9.17) is 16.7 Å². The van der Waals surface area contributed by atoms with E-state index in [1.54, 1.807) is 24.3 Å². The van der Waals surface area contributed by atoms with Crippen molar-refractivity contribution in [3.63, 3.8) is 0 Å². The van der Waals surface area contributed by atoms with Crippen LogP contribution in [0.25, 0.3) is 0 Å². The van der Waals surface area contributed by atoms with Crippen LogP contribution in [0.1, 0.15) is 29.6 Å². The van der Waals surface area contributed by atoms with Crippen molar-refractivity contribution in [1.29, 1.82) is 0 Å². The van der Waals surface area contributed by atoms with E-state index in [1.165, 1.54) is 0 Å². The molecule has 0 amide bonds. The molecule has 1 aromatic rings. The van der Waals surface area contributed by atoms with Gasteiger partial charge in [-0.05, 0) is 37.1 Å². The number of hydrogen-bond donors (Lipinski definition) is 1. The molecule has 0 unspecified atom stereocenters. The first-order chi connectivity index (χ1) is 8.09. The number of carboxylic acids is 1. The minimum atomic E-state index is -0.866. The quantitative estimate of drug-likeness (QED) is 0.842. The van der Waals surface area contributed by atoms with Crippen molar-refractivity contribution in [2.75, 3.05) is 0 Å². The van der Waals surface area contributed by atoms with Crippen LogP contribution >= 0.6 is 11.6 Å². The number of carbonyl (C=O) groups is 2. The zero-order valence-electron chi connectivity index (χ0n) is 9.23. The van der Waals surface area contributed by atoms with E-state index in [9.17, 15) is 9.59 Å². The molecule has 0 heterocycles. The summed E-state index contributed by atoms with van der Waals surface area (Å²) in [5.74, 6) is -1.85. The van der Waals surface area contributed by atoms with Crippen LogP contribution in [0.5, 0.6) is 0 Å². The number of carbonyl (C=O) groups excluding carboxylic acids is 1. The maximum atomic E-state index is 12.2. The highest BCUT2D eigenvalue weighted by Gasteiger charge is 2.37. The third kappa shape index (κ3) is 2.50. The molecule has 3 nitrogen and oxygen atoms in total. The van der Waals surface area contributed by atoms with Gasteiger partial charge >= 0.3 is 5.97 Å². The van der Waals surface area contributed by atoms with E-state index in [2.05, 4.69) is 0 Å². The van der Waals surface area contributed by atoms with Crippen LogP contribution in [0.4, 0.5) is 0 Å². The molecule has 1 aromatic carbocycles. The van der Waals surface area contributed by atoms with Crippen molar-refractivity contribution >= 4 is 23.4 Å². The van der Waals surface area contributed by atoms with Crippen LogP contribution < -0.4 is 0 Å². The number of aliphatic carboxylic acids is 1. The van der Waals surface area contributed by atoms with E-state index in [0.717, 1.165) is 6.42 Å². The summed E-state index contributed by atoms with van der Waals surface area (Å²) in [7, 11) is 0. The Morgan fingerprint density at radius 3 is 2.29 bits per heavy atom. The normalized spacial score (nSPS) is 23.6. The van der Waals surface area contributed by atoms with Gasteiger partial charge in [0.05, 0.1) is 5.92 Å². The largest absolute Gasteiger partial charge is 0.481 e. The first-order valence-electron chi connectivity index (χ1n) is 5.62. The Kier molecular flexibility index (Phi) is 3.48. The summed E-state index contributed by atoms with van der Waals surface area (Å²) in [6.45, 7) is 0. The summed E-state index contributed by atoms with van der Waals surface area (Å²) < 4.78 is 0. The maximum Gasteiger partial charge on any atom is 0.307 e. The fraction of sp³-hybridized carbons (Fsp3) is 0.385. The number of benzene rings is 1. The number of Topliss-reactive ketones (excluding diaryl/α,β-unsaturated/α-hetero) is 1. The number of halogens is 1. The molecular weight excluding hydrogens is 240 g/mol. The second-order valence-corrected chi connectivity index (χ2v) is 4.79. The molecule has 2 atom stereocenters. The maximum absolute atomic E-state index is 12.2. The summed E-state index contributed by atoms with van der Waals surface area (Å²) in [5.41, 5.74) is 0.549. The first kappa shape index (κ1) is 12.1. The molecule has 1 fully saturated rings. The second kappa shape index (κ2) is 4.88. The van der Waals surface area contributed by atoms with Crippen LogP contribution in [0, 0.1) is 11.8 Å². The van der Waals surface area contributed by atoms with Crippen molar-refractivity contribution in [1.82, 2.24) is 0 Å². The summed E-state index contributed by atoms with van der Waals surface area (Å²) in [6, 6.07) is 6.61. The monoisotopic (exact) mass is 252 g/mol. The number of hydrogen-bond acceptors (Lipinski definition) is 2. The summed E-state index contributed by atoms with van der Waals surface area (Å²) in [4.78, 5) is 23.2. The molecule has 1 aliphatic carbocycles. The predicted molar refractivity (Wildman–Crippen MR) is 64.2 cm³/mol. The Morgan fingerprint density at radius 2 is 1.71 bits per heavy atom.